The molecule has 2 N–H and O–H groups in total. The highest BCUT2D eigenvalue weighted by atomic mass is 19.4. The molecule has 29 heavy (non-hydrogen) atoms. The lowest BCUT2D eigenvalue weighted by atomic mass is 10.2. The summed E-state index contributed by atoms with van der Waals surface area (Å²) < 4.78 is 56.3. The number of hydrogen-bond donors (Lipinski definition) is 2. The number of benzene rings is 1. The number of hydrogen-bond acceptors (Lipinski definition) is 4. The molecule has 2 amide bonds. The van der Waals surface area contributed by atoms with Gasteiger partial charge in [0.2, 0.25) is 5.91 Å². The second-order valence-electron chi connectivity index (χ2n) is 6.03. The first kappa shape index (κ1) is 22.1. The summed E-state index contributed by atoms with van der Waals surface area (Å²) in [4.78, 5) is 27.8. The predicted octanol–water partition coefficient (Wildman–Crippen LogP) is 3.71. The Hall–Kier alpha value is -3.17. The van der Waals surface area contributed by atoms with Crippen LogP contribution in [-0.2, 0) is 11.0 Å². The highest BCUT2D eigenvalue weighted by Gasteiger charge is 2.31. The fourth-order valence-corrected chi connectivity index (χ4v) is 2.32. The number of pyridine rings is 1. The molecule has 0 fully saturated rings. The third-order valence-electron chi connectivity index (χ3n) is 3.71. The van der Waals surface area contributed by atoms with Gasteiger partial charge < -0.3 is 15.4 Å². The van der Waals surface area contributed by atoms with Crippen molar-refractivity contribution in [3.05, 3.63) is 53.0 Å². The number of nitrogens with zero attached hydrogens (tertiary/aromatic N) is 1. The smallest absolute Gasteiger partial charge is 0.416 e. The number of carbonyl (C=O) groups is 2. The molecule has 10 heteroatoms. The van der Waals surface area contributed by atoms with E-state index in [0.29, 0.717) is 17.8 Å². The summed E-state index contributed by atoms with van der Waals surface area (Å²) in [6.45, 7) is 3.17. The number of nitrogens with one attached hydrogen (secondary N) is 2. The van der Waals surface area contributed by atoms with Gasteiger partial charge in [-0.1, -0.05) is 6.92 Å². The van der Waals surface area contributed by atoms with Crippen molar-refractivity contribution in [3.63, 3.8) is 0 Å². The van der Waals surface area contributed by atoms with Crippen LogP contribution < -0.4 is 15.4 Å². The second kappa shape index (κ2) is 9.35. The molecule has 0 atom stereocenters. The highest BCUT2D eigenvalue weighted by Crippen LogP contribution is 2.31. The van der Waals surface area contributed by atoms with E-state index in [1.165, 1.54) is 12.1 Å². The van der Waals surface area contributed by atoms with Crippen LogP contribution in [0.2, 0.25) is 0 Å². The van der Waals surface area contributed by atoms with Crippen LogP contribution in [0, 0.1) is 12.7 Å². The lowest BCUT2D eigenvalue weighted by Crippen LogP contribution is -2.28. The van der Waals surface area contributed by atoms with Crippen LogP contribution in [0.5, 0.6) is 5.75 Å². The molecule has 0 bridgehead atoms. The molecular weight excluding hydrogens is 394 g/mol. The first-order valence-corrected chi connectivity index (χ1v) is 8.66. The number of carbonyl (C=O) groups excluding carboxylic acids is 2. The van der Waals surface area contributed by atoms with E-state index in [4.69, 9.17) is 4.74 Å². The Bertz CT molecular complexity index is 901. The Balaban J connectivity index is 1.91. The van der Waals surface area contributed by atoms with E-state index in [0.717, 1.165) is 6.07 Å². The van der Waals surface area contributed by atoms with Crippen molar-refractivity contribution in [2.24, 2.45) is 0 Å². The van der Waals surface area contributed by atoms with Gasteiger partial charge in [-0.15, -0.1) is 0 Å². The minimum absolute atomic E-state index is 0.0165. The molecule has 0 saturated carbocycles. The minimum atomic E-state index is -4.65. The topological polar surface area (TPSA) is 80.3 Å². The van der Waals surface area contributed by atoms with Gasteiger partial charge in [0.25, 0.3) is 5.91 Å². The fourth-order valence-electron chi connectivity index (χ4n) is 2.32. The second-order valence-corrected chi connectivity index (χ2v) is 6.03. The molecule has 6 nitrogen and oxygen atoms in total. The van der Waals surface area contributed by atoms with Gasteiger partial charge in [-0.2, -0.15) is 13.2 Å². The van der Waals surface area contributed by atoms with E-state index in [1.807, 2.05) is 0 Å². The van der Waals surface area contributed by atoms with Gasteiger partial charge in [0, 0.05) is 17.7 Å². The van der Waals surface area contributed by atoms with Crippen LogP contribution in [0.15, 0.2) is 30.3 Å². The number of aryl methyl sites for hydroxylation is 1. The van der Waals surface area contributed by atoms with E-state index < -0.39 is 23.5 Å². The van der Waals surface area contributed by atoms with Gasteiger partial charge >= 0.3 is 6.18 Å². The number of anilines is 1. The first-order chi connectivity index (χ1) is 13.6. The van der Waals surface area contributed by atoms with E-state index in [2.05, 4.69) is 15.6 Å². The number of alkyl halides is 3. The highest BCUT2D eigenvalue weighted by molar-refractivity contribution is 5.96. The van der Waals surface area contributed by atoms with Gasteiger partial charge in [0.1, 0.15) is 12.4 Å². The van der Waals surface area contributed by atoms with Gasteiger partial charge in [0.05, 0.1) is 12.1 Å². The van der Waals surface area contributed by atoms with Crippen LogP contribution in [0.25, 0.3) is 0 Å². The molecule has 1 aromatic heterocycles. The number of amides is 2. The van der Waals surface area contributed by atoms with Crippen LogP contribution in [0.4, 0.5) is 23.4 Å². The molecule has 0 aliphatic carbocycles. The zero-order valence-corrected chi connectivity index (χ0v) is 15.7. The third kappa shape index (κ3) is 6.44. The Kier molecular flexibility index (Phi) is 7.13. The van der Waals surface area contributed by atoms with Crippen molar-refractivity contribution in [2.75, 3.05) is 18.5 Å². The lowest BCUT2D eigenvalue weighted by molar-refractivity contribution is -0.137. The molecule has 1 aromatic carbocycles. The summed E-state index contributed by atoms with van der Waals surface area (Å²) in [5.74, 6) is -1.98. The normalized spacial score (nSPS) is 11.1. The monoisotopic (exact) mass is 413 g/mol. The number of halogens is 4. The maximum atomic E-state index is 13.7. The van der Waals surface area contributed by atoms with E-state index in [9.17, 15) is 27.2 Å². The minimum Gasteiger partial charge on any atom is -0.489 e. The maximum absolute atomic E-state index is 13.7. The van der Waals surface area contributed by atoms with Gasteiger partial charge in [-0.3, -0.25) is 9.59 Å². The van der Waals surface area contributed by atoms with Crippen molar-refractivity contribution in [1.82, 2.24) is 10.3 Å². The van der Waals surface area contributed by atoms with Crippen LogP contribution in [-0.4, -0.2) is 29.9 Å². The van der Waals surface area contributed by atoms with E-state index >= 15 is 0 Å². The van der Waals surface area contributed by atoms with Crippen molar-refractivity contribution < 1.29 is 31.9 Å². The van der Waals surface area contributed by atoms with E-state index in [1.54, 1.807) is 13.8 Å². The van der Waals surface area contributed by atoms with Crippen molar-refractivity contribution in [1.29, 1.82) is 0 Å². The summed E-state index contributed by atoms with van der Waals surface area (Å²) in [6.07, 6.45) is -4.39. The van der Waals surface area contributed by atoms with Gasteiger partial charge in [-0.25, -0.2) is 9.37 Å². The van der Waals surface area contributed by atoms with Crippen LogP contribution >= 0.6 is 0 Å². The fraction of sp³-hybridized carbons (Fsp3) is 0.316. The Morgan fingerprint density at radius 3 is 2.52 bits per heavy atom. The van der Waals surface area contributed by atoms with Gasteiger partial charge in [-0.05, 0) is 37.3 Å². The summed E-state index contributed by atoms with van der Waals surface area (Å²) in [6, 6.07) is 4.87. The molecular formula is C19H19F4N3O3. The molecule has 0 unspecified atom stereocenters. The average molecular weight is 413 g/mol. The Morgan fingerprint density at radius 2 is 1.90 bits per heavy atom. The standard InChI is InChI=1S/C19H19F4N3O3/c1-3-17(27)26-16-9-12(8-11(2)25-16)18(28)24-6-7-29-15-5-4-13(10-14(15)20)19(21,22)23/h4-5,8-10H,3,6-7H2,1-2H3,(H,24,28)(H,25,26,27). The first-order valence-electron chi connectivity index (χ1n) is 8.66. The molecule has 2 aromatic rings. The summed E-state index contributed by atoms with van der Waals surface area (Å²) >= 11 is 0. The Morgan fingerprint density at radius 1 is 1.17 bits per heavy atom. The molecule has 1 heterocycles. The summed E-state index contributed by atoms with van der Waals surface area (Å²) in [7, 11) is 0. The van der Waals surface area contributed by atoms with Gasteiger partial charge in [0.15, 0.2) is 11.6 Å². The largest absolute Gasteiger partial charge is 0.489 e. The lowest BCUT2D eigenvalue weighted by Gasteiger charge is -2.11. The maximum Gasteiger partial charge on any atom is 0.416 e. The molecule has 2 rings (SSSR count). The average Bonchev–Trinajstić information content (AvgIpc) is 2.64. The third-order valence-corrected chi connectivity index (χ3v) is 3.71. The predicted molar refractivity (Wildman–Crippen MR) is 97.1 cm³/mol. The van der Waals surface area contributed by atoms with Crippen LogP contribution in [0.1, 0.15) is 35.0 Å². The van der Waals surface area contributed by atoms with Crippen LogP contribution in [0.3, 0.4) is 0 Å². The zero-order chi connectivity index (χ0) is 21.6. The quantitative estimate of drug-likeness (QED) is 0.536. The number of rotatable bonds is 7. The molecule has 0 radical (unpaired) electrons. The number of aromatic nitrogens is 1. The SMILES string of the molecule is CCC(=O)Nc1cc(C(=O)NCCOc2ccc(C(F)(F)F)cc2F)cc(C)n1. The van der Waals surface area contributed by atoms with Crippen molar-refractivity contribution in [2.45, 2.75) is 26.4 Å². The molecule has 0 spiro atoms. The zero-order valence-electron chi connectivity index (χ0n) is 15.7. The summed E-state index contributed by atoms with van der Waals surface area (Å²) in [5.41, 5.74) is -0.341. The van der Waals surface area contributed by atoms with E-state index in [-0.39, 0.29) is 42.6 Å². The molecule has 0 saturated heterocycles. The Labute approximate surface area is 164 Å². The van der Waals surface area contributed by atoms with Crippen molar-refractivity contribution in [3.8, 4) is 5.75 Å². The number of ether oxygens (including phenoxy) is 1. The molecule has 0 aliphatic heterocycles. The summed E-state index contributed by atoms with van der Waals surface area (Å²) in [5, 5.41) is 5.10. The molecule has 156 valence electrons. The molecule has 0 aliphatic rings. The van der Waals surface area contributed by atoms with Crippen molar-refractivity contribution >= 4 is 17.6 Å².